The SMILES string of the molecule is CC(Cc1ccccc1)CC(C)(N)COP(=O)(O)O. The Morgan fingerprint density at radius 3 is 2.47 bits per heavy atom. The summed E-state index contributed by atoms with van der Waals surface area (Å²) in [6, 6.07) is 10.0. The summed E-state index contributed by atoms with van der Waals surface area (Å²) in [6.45, 7) is 3.65. The molecule has 0 fully saturated rings. The number of nitrogens with two attached hydrogens (primary N) is 1. The van der Waals surface area contributed by atoms with Gasteiger partial charge in [0, 0.05) is 5.54 Å². The van der Waals surface area contributed by atoms with Gasteiger partial charge in [-0.15, -0.1) is 0 Å². The van der Waals surface area contributed by atoms with Crippen molar-refractivity contribution >= 4 is 7.82 Å². The van der Waals surface area contributed by atoms with E-state index in [1.165, 1.54) is 5.56 Å². The number of hydrogen-bond donors (Lipinski definition) is 3. The largest absolute Gasteiger partial charge is 0.469 e. The maximum atomic E-state index is 10.7. The van der Waals surface area contributed by atoms with Gasteiger partial charge in [0.15, 0.2) is 0 Å². The van der Waals surface area contributed by atoms with Crippen molar-refractivity contribution in [3.05, 3.63) is 35.9 Å². The lowest BCUT2D eigenvalue weighted by Crippen LogP contribution is -2.42. The van der Waals surface area contributed by atoms with E-state index in [1.807, 2.05) is 18.2 Å². The quantitative estimate of drug-likeness (QED) is 0.668. The van der Waals surface area contributed by atoms with Crippen molar-refractivity contribution in [2.45, 2.75) is 32.2 Å². The Kier molecular flexibility index (Phi) is 5.71. The fourth-order valence-electron chi connectivity index (χ4n) is 2.18. The third-order valence-corrected chi connectivity index (χ3v) is 3.27. The molecule has 1 aromatic rings. The standard InChI is InChI=1S/C13H22NO4P/c1-11(8-12-6-4-3-5-7-12)9-13(2,14)10-18-19(15,16)17/h3-7,11H,8-10,14H2,1-2H3,(H2,15,16,17). The van der Waals surface area contributed by atoms with Crippen LogP contribution in [0.3, 0.4) is 0 Å². The van der Waals surface area contributed by atoms with Crippen LogP contribution >= 0.6 is 7.82 Å². The molecule has 0 amide bonds. The van der Waals surface area contributed by atoms with E-state index < -0.39 is 13.4 Å². The highest BCUT2D eigenvalue weighted by Gasteiger charge is 2.26. The van der Waals surface area contributed by atoms with E-state index in [4.69, 9.17) is 15.5 Å². The molecule has 2 atom stereocenters. The second-order valence-electron chi connectivity index (χ2n) is 5.42. The molecule has 0 saturated heterocycles. The van der Waals surface area contributed by atoms with Gasteiger partial charge in [0.25, 0.3) is 0 Å². The third kappa shape index (κ3) is 7.45. The summed E-state index contributed by atoms with van der Waals surface area (Å²) >= 11 is 0. The molecule has 0 radical (unpaired) electrons. The fraction of sp³-hybridized carbons (Fsp3) is 0.538. The van der Waals surface area contributed by atoms with E-state index in [1.54, 1.807) is 6.92 Å². The van der Waals surface area contributed by atoms with Crippen LogP contribution in [-0.4, -0.2) is 21.9 Å². The van der Waals surface area contributed by atoms with Gasteiger partial charge in [0.1, 0.15) is 0 Å². The lowest BCUT2D eigenvalue weighted by molar-refractivity contribution is 0.146. The van der Waals surface area contributed by atoms with Crippen molar-refractivity contribution in [3.63, 3.8) is 0 Å². The first-order valence-electron chi connectivity index (χ1n) is 6.21. The molecule has 0 aliphatic rings. The fourth-order valence-corrected chi connectivity index (χ4v) is 2.64. The number of rotatable bonds is 7. The summed E-state index contributed by atoms with van der Waals surface area (Å²) in [4.78, 5) is 17.4. The molecule has 0 aliphatic carbocycles. The van der Waals surface area contributed by atoms with E-state index in [0.29, 0.717) is 12.3 Å². The van der Waals surface area contributed by atoms with E-state index >= 15 is 0 Å². The van der Waals surface area contributed by atoms with Gasteiger partial charge >= 0.3 is 7.82 Å². The van der Waals surface area contributed by atoms with Gasteiger partial charge in [-0.3, -0.25) is 4.52 Å². The smallest absolute Gasteiger partial charge is 0.323 e. The minimum Gasteiger partial charge on any atom is -0.323 e. The first-order valence-corrected chi connectivity index (χ1v) is 7.74. The van der Waals surface area contributed by atoms with Crippen LogP contribution in [0.2, 0.25) is 0 Å². The Labute approximate surface area is 114 Å². The average Bonchev–Trinajstić information content (AvgIpc) is 2.26. The minimum atomic E-state index is -4.45. The van der Waals surface area contributed by atoms with Gasteiger partial charge in [-0.05, 0) is 31.2 Å². The van der Waals surface area contributed by atoms with Crippen LogP contribution < -0.4 is 5.73 Å². The molecule has 0 aromatic heterocycles. The average molecular weight is 287 g/mol. The van der Waals surface area contributed by atoms with Gasteiger partial charge in [-0.1, -0.05) is 37.3 Å². The number of phosphoric ester groups is 1. The molecule has 0 spiro atoms. The zero-order valence-corrected chi connectivity index (χ0v) is 12.2. The van der Waals surface area contributed by atoms with Crippen molar-refractivity contribution in [1.82, 2.24) is 0 Å². The molecular weight excluding hydrogens is 265 g/mol. The summed E-state index contributed by atoms with van der Waals surface area (Å²) in [5.74, 6) is 0.303. The minimum absolute atomic E-state index is 0.156. The maximum absolute atomic E-state index is 10.7. The van der Waals surface area contributed by atoms with E-state index in [2.05, 4.69) is 23.6 Å². The van der Waals surface area contributed by atoms with Crippen LogP contribution in [0.4, 0.5) is 0 Å². The topological polar surface area (TPSA) is 92.8 Å². The first-order chi connectivity index (χ1) is 8.68. The summed E-state index contributed by atoms with van der Waals surface area (Å²) in [7, 11) is -4.45. The zero-order valence-electron chi connectivity index (χ0n) is 11.3. The van der Waals surface area contributed by atoms with Crippen molar-refractivity contribution in [3.8, 4) is 0 Å². The Bertz CT molecular complexity index is 430. The molecule has 6 heteroatoms. The summed E-state index contributed by atoms with van der Waals surface area (Å²) < 4.78 is 15.2. The van der Waals surface area contributed by atoms with Gasteiger partial charge in [-0.25, -0.2) is 4.57 Å². The summed E-state index contributed by atoms with van der Waals surface area (Å²) in [6.07, 6.45) is 1.51. The lowest BCUT2D eigenvalue weighted by Gasteiger charge is -2.27. The van der Waals surface area contributed by atoms with Crippen LogP contribution in [0.15, 0.2) is 30.3 Å². The van der Waals surface area contributed by atoms with Crippen molar-refractivity contribution in [1.29, 1.82) is 0 Å². The molecule has 0 aliphatic heterocycles. The van der Waals surface area contributed by atoms with E-state index in [0.717, 1.165) is 6.42 Å². The van der Waals surface area contributed by atoms with Crippen LogP contribution in [0.5, 0.6) is 0 Å². The van der Waals surface area contributed by atoms with Gasteiger partial charge in [0.05, 0.1) is 6.61 Å². The van der Waals surface area contributed by atoms with Crippen molar-refractivity contribution in [2.24, 2.45) is 11.7 Å². The van der Waals surface area contributed by atoms with Crippen LogP contribution in [-0.2, 0) is 15.5 Å². The predicted molar refractivity (Wildman–Crippen MR) is 74.5 cm³/mol. The number of hydrogen-bond acceptors (Lipinski definition) is 3. The lowest BCUT2D eigenvalue weighted by atomic mass is 9.88. The summed E-state index contributed by atoms with van der Waals surface area (Å²) in [5, 5.41) is 0. The Morgan fingerprint density at radius 1 is 1.37 bits per heavy atom. The molecule has 19 heavy (non-hydrogen) atoms. The molecule has 0 bridgehead atoms. The Hall–Kier alpha value is -0.710. The second-order valence-corrected chi connectivity index (χ2v) is 6.66. The van der Waals surface area contributed by atoms with Gasteiger partial charge in [-0.2, -0.15) is 0 Å². The van der Waals surface area contributed by atoms with Crippen molar-refractivity contribution < 1.29 is 18.9 Å². The first kappa shape index (κ1) is 16.3. The highest BCUT2D eigenvalue weighted by atomic mass is 31.2. The van der Waals surface area contributed by atoms with Gasteiger partial charge in [0.2, 0.25) is 0 Å². The molecule has 0 heterocycles. The maximum Gasteiger partial charge on any atom is 0.469 e. The van der Waals surface area contributed by atoms with E-state index in [9.17, 15) is 4.57 Å². The number of phosphoric acid groups is 1. The zero-order chi connectivity index (χ0) is 14.5. The summed E-state index contributed by atoms with van der Waals surface area (Å²) in [5.41, 5.74) is 6.48. The van der Waals surface area contributed by atoms with Crippen LogP contribution in [0.25, 0.3) is 0 Å². The molecule has 1 rings (SSSR count). The van der Waals surface area contributed by atoms with Gasteiger partial charge < -0.3 is 15.5 Å². The number of benzene rings is 1. The monoisotopic (exact) mass is 287 g/mol. The Balaban J connectivity index is 2.46. The third-order valence-electron chi connectivity index (χ3n) is 2.80. The molecule has 4 N–H and O–H groups in total. The highest BCUT2D eigenvalue weighted by Crippen LogP contribution is 2.37. The second kappa shape index (κ2) is 6.64. The Morgan fingerprint density at radius 2 is 1.95 bits per heavy atom. The molecule has 2 unspecified atom stereocenters. The molecule has 108 valence electrons. The molecule has 5 nitrogen and oxygen atoms in total. The predicted octanol–water partition coefficient (Wildman–Crippen LogP) is 2.08. The normalized spacial score (nSPS) is 16.9. The van der Waals surface area contributed by atoms with Crippen LogP contribution in [0.1, 0.15) is 25.8 Å². The highest BCUT2D eigenvalue weighted by molar-refractivity contribution is 7.46. The van der Waals surface area contributed by atoms with E-state index in [-0.39, 0.29) is 6.61 Å². The molecular formula is C13H22NO4P. The van der Waals surface area contributed by atoms with Crippen LogP contribution in [0, 0.1) is 5.92 Å². The molecule has 1 aromatic carbocycles. The molecule has 0 saturated carbocycles. The van der Waals surface area contributed by atoms with Crippen molar-refractivity contribution in [2.75, 3.05) is 6.61 Å².